The average Bonchev–Trinajstić information content (AvgIpc) is 3.42. The molecule has 0 amide bonds. The van der Waals surface area contributed by atoms with Gasteiger partial charge < -0.3 is 4.42 Å². The molecule has 0 aliphatic heterocycles. The smallest absolute Gasteiger partial charge is 0.220 e. The van der Waals surface area contributed by atoms with E-state index in [1.54, 1.807) is 0 Å². The molecule has 0 fully saturated rings. The van der Waals surface area contributed by atoms with Gasteiger partial charge in [-0.15, -0.1) is 0 Å². The van der Waals surface area contributed by atoms with E-state index < -0.39 is 0 Å². The molecule has 5 heteroatoms. The van der Waals surface area contributed by atoms with E-state index in [-0.39, 0.29) is 0 Å². The van der Waals surface area contributed by atoms with Gasteiger partial charge in [0.25, 0.3) is 0 Å². The van der Waals surface area contributed by atoms with Crippen LogP contribution in [0.4, 0.5) is 0 Å². The van der Waals surface area contributed by atoms with Crippen molar-refractivity contribution in [3.8, 4) is 5.69 Å². The van der Waals surface area contributed by atoms with Crippen LogP contribution in [0.5, 0.6) is 0 Å². The first-order chi connectivity index (χ1) is 14.8. The minimum atomic E-state index is 0.877. The Bertz CT molecular complexity index is 1770. The first kappa shape index (κ1) is 16.3. The molecule has 4 aromatic carbocycles. The van der Waals surface area contributed by atoms with Gasteiger partial charge in [0.05, 0.1) is 22.2 Å². The molecular formula is C25H14BrN3O. The summed E-state index contributed by atoms with van der Waals surface area (Å²) in [6, 6.07) is 29.1. The Morgan fingerprint density at radius 3 is 2.40 bits per heavy atom. The fourth-order valence-corrected chi connectivity index (χ4v) is 4.94. The lowest BCUT2D eigenvalue weighted by atomic mass is 10.1. The number of hydrogen-bond acceptors (Lipinski definition) is 2. The normalized spacial score (nSPS) is 12.2. The molecule has 0 atom stereocenters. The van der Waals surface area contributed by atoms with Gasteiger partial charge >= 0.3 is 0 Å². The van der Waals surface area contributed by atoms with Crippen molar-refractivity contribution in [2.75, 3.05) is 0 Å². The predicted molar refractivity (Wildman–Crippen MR) is 125 cm³/mol. The number of furan rings is 1. The number of benzene rings is 4. The van der Waals surface area contributed by atoms with Crippen LogP contribution < -0.4 is 0 Å². The summed E-state index contributed by atoms with van der Waals surface area (Å²) in [5.41, 5.74) is 7.08. The molecule has 0 N–H and O–H groups in total. The summed E-state index contributed by atoms with van der Waals surface area (Å²) >= 11 is 3.66. The van der Waals surface area contributed by atoms with Crippen molar-refractivity contribution >= 4 is 65.7 Å². The van der Waals surface area contributed by atoms with Crippen LogP contribution in [0.2, 0.25) is 0 Å². The third kappa shape index (κ3) is 2.02. The largest absolute Gasteiger partial charge is 0.456 e. The second-order valence-electron chi connectivity index (χ2n) is 7.46. The molecule has 0 saturated heterocycles. The molecule has 0 aliphatic carbocycles. The Morgan fingerprint density at radius 1 is 0.700 bits per heavy atom. The molecule has 0 saturated carbocycles. The lowest BCUT2D eigenvalue weighted by Gasteiger charge is -2.05. The van der Waals surface area contributed by atoms with Crippen LogP contribution >= 0.6 is 15.9 Å². The van der Waals surface area contributed by atoms with E-state index in [1.807, 2.05) is 30.3 Å². The molecule has 0 bridgehead atoms. The van der Waals surface area contributed by atoms with E-state index in [9.17, 15) is 0 Å². The highest BCUT2D eigenvalue weighted by Gasteiger charge is 2.18. The zero-order valence-electron chi connectivity index (χ0n) is 15.7. The van der Waals surface area contributed by atoms with Gasteiger partial charge in [-0.1, -0.05) is 36.4 Å². The van der Waals surface area contributed by atoms with Gasteiger partial charge in [-0.25, -0.2) is 4.98 Å². The Labute approximate surface area is 179 Å². The number of imidazole rings is 2. The van der Waals surface area contributed by atoms with E-state index in [0.717, 1.165) is 59.9 Å². The molecule has 0 spiro atoms. The Morgan fingerprint density at radius 2 is 1.47 bits per heavy atom. The lowest BCUT2D eigenvalue weighted by Crippen LogP contribution is -1.94. The summed E-state index contributed by atoms with van der Waals surface area (Å²) in [6.07, 6.45) is 0. The first-order valence-electron chi connectivity index (χ1n) is 9.77. The standard InChI is InChI=1S/C25H14BrN3O/c26-18-7-5-10-21-24(18)27-25-28(19-8-2-3-9-20(19)29(21)25)15-12-13-17-16-6-1-4-11-22(16)30-23(17)14-15/h1-14H. The summed E-state index contributed by atoms with van der Waals surface area (Å²) in [5.74, 6) is 0.883. The van der Waals surface area contributed by atoms with Gasteiger partial charge in [0, 0.05) is 21.3 Å². The van der Waals surface area contributed by atoms with Gasteiger partial charge in [-0.2, -0.15) is 0 Å². The maximum Gasteiger partial charge on any atom is 0.220 e. The van der Waals surface area contributed by atoms with E-state index in [4.69, 9.17) is 9.40 Å². The minimum Gasteiger partial charge on any atom is -0.456 e. The zero-order chi connectivity index (χ0) is 19.8. The van der Waals surface area contributed by atoms with Crippen molar-refractivity contribution in [3.05, 3.63) is 89.4 Å². The summed E-state index contributed by atoms with van der Waals surface area (Å²) in [6.45, 7) is 0. The van der Waals surface area contributed by atoms with Gasteiger partial charge in [-0.05, 0) is 58.4 Å². The predicted octanol–water partition coefficient (Wildman–Crippen LogP) is 7.09. The SMILES string of the molecule is Brc1cccc2c1nc1n(-c3ccc4c(c3)oc3ccccc34)c3ccccc3n21. The molecule has 7 aromatic rings. The van der Waals surface area contributed by atoms with Gasteiger partial charge in [-0.3, -0.25) is 8.97 Å². The fraction of sp³-hybridized carbons (Fsp3) is 0. The summed E-state index contributed by atoms with van der Waals surface area (Å²) in [4.78, 5) is 5.00. The van der Waals surface area contributed by atoms with Crippen molar-refractivity contribution in [1.82, 2.24) is 14.0 Å². The van der Waals surface area contributed by atoms with Crippen LogP contribution in [0, 0.1) is 0 Å². The van der Waals surface area contributed by atoms with Crippen LogP contribution in [0.1, 0.15) is 0 Å². The summed E-state index contributed by atoms with van der Waals surface area (Å²) in [5, 5.41) is 2.26. The second-order valence-corrected chi connectivity index (χ2v) is 8.31. The molecule has 0 unspecified atom stereocenters. The van der Waals surface area contributed by atoms with Crippen molar-refractivity contribution in [2.24, 2.45) is 0 Å². The Kier molecular flexibility index (Phi) is 3.11. The number of fused-ring (bicyclic) bond motifs is 8. The summed E-state index contributed by atoms with van der Waals surface area (Å²) < 4.78 is 11.6. The second kappa shape index (κ2) is 5.74. The van der Waals surface area contributed by atoms with Crippen LogP contribution in [0.15, 0.2) is 93.8 Å². The number of nitrogens with zero attached hydrogens (tertiary/aromatic N) is 3. The van der Waals surface area contributed by atoms with Crippen molar-refractivity contribution in [1.29, 1.82) is 0 Å². The van der Waals surface area contributed by atoms with Crippen molar-refractivity contribution in [2.45, 2.75) is 0 Å². The monoisotopic (exact) mass is 451 g/mol. The average molecular weight is 452 g/mol. The maximum absolute atomic E-state index is 6.15. The molecule has 142 valence electrons. The molecule has 4 nitrogen and oxygen atoms in total. The number of hydrogen-bond donors (Lipinski definition) is 0. The Hall–Kier alpha value is -3.57. The van der Waals surface area contributed by atoms with Gasteiger partial charge in [0.15, 0.2) is 0 Å². The molecular weight excluding hydrogens is 438 g/mol. The molecule has 0 aliphatic rings. The highest BCUT2D eigenvalue weighted by Crippen LogP contribution is 2.34. The maximum atomic E-state index is 6.15. The minimum absolute atomic E-state index is 0.877. The van der Waals surface area contributed by atoms with Gasteiger partial charge in [0.1, 0.15) is 16.7 Å². The Balaban J connectivity index is 1.63. The highest BCUT2D eigenvalue weighted by molar-refractivity contribution is 9.10. The van der Waals surface area contributed by atoms with Gasteiger partial charge in [0.2, 0.25) is 5.78 Å². The quantitative estimate of drug-likeness (QED) is 0.267. The van der Waals surface area contributed by atoms with E-state index in [1.165, 1.54) is 0 Å². The third-order valence-electron chi connectivity index (χ3n) is 5.80. The van der Waals surface area contributed by atoms with E-state index >= 15 is 0 Å². The fourth-order valence-electron chi connectivity index (χ4n) is 4.50. The number of para-hydroxylation sites is 4. The molecule has 7 rings (SSSR count). The van der Waals surface area contributed by atoms with Crippen LogP contribution in [0.3, 0.4) is 0 Å². The van der Waals surface area contributed by atoms with Crippen LogP contribution in [0.25, 0.3) is 55.5 Å². The number of halogens is 1. The topological polar surface area (TPSA) is 35.4 Å². The van der Waals surface area contributed by atoms with Crippen LogP contribution in [-0.4, -0.2) is 14.0 Å². The summed E-state index contributed by atoms with van der Waals surface area (Å²) in [7, 11) is 0. The molecule has 0 radical (unpaired) electrons. The van der Waals surface area contributed by atoms with Crippen molar-refractivity contribution in [3.63, 3.8) is 0 Å². The molecule has 3 aromatic heterocycles. The number of rotatable bonds is 1. The van der Waals surface area contributed by atoms with Crippen molar-refractivity contribution < 1.29 is 4.42 Å². The molecule has 3 heterocycles. The molecule has 30 heavy (non-hydrogen) atoms. The highest BCUT2D eigenvalue weighted by atomic mass is 79.9. The van der Waals surface area contributed by atoms with Crippen LogP contribution in [-0.2, 0) is 0 Å². The number of aromatic nitrogens is 3. The third-order valence-corrected chi connectivity index (χ3v) is 6.44. The first-order valence-corrected chi connectivity index (χ1v) is 10.6. The van der Waals surface area contributed by atoms with E-state index in [2.05, 4.69) is 79.5 Å². The van der Waals surface area contributed by atoms with E-state index in [0.29, 0.717) is 0 Å². The zero-order valence-corrected chi connectivity index (χ0v) is 17.3. The lowest BCUT2D eigenvalue weighted by molar-refractivity contribution is 0.668.